The summed E-state index contributed by atoms with van der Waals surface area (Å²) in [5, 5.41) is 10.1. The predicted octanol–water partition coefficient (Wildman–Crippen LogP) is 2.95. The van der Waals surface area contributed by atoms with E-state index in [0.29, 0.717) is 5.69 Å². The van der Waals surface area contributed by atoms with Crippen molar-refractivity contribution in [2.24, 2.45) is 7.05 Å². The Labute approximate surface area is 121 Å². The van der Waals surface area contributed by atoms with Gasteiger partial charge in [0.05, 0.1) is 18.4 Å². The van der Waals surface area contributed by atoms with Gasteiger partial charge >= 0.3 is 5.97 Å². The second kappa shape index (κ2) is 4.94. The van der Waals surface area contributed by atoms with Crippen LogP contribution in [0.4, 0.5) is 0 Å². The summed E-state index contributed by atoms with van der Waals surface area (Å²) in [6.07, 6.45) is 3.45. The third kappa shape index (κ3) is 2.23. The summed E-state index contributed by atoms with van der Waals surface area (Å²) in [4.78, 5) is 15.4. The van der Waals surface area contributed by atoms with Gasteiger partial charge in [0, 0.05) is 35.9 Å². The number of hydrogen-bond acceptors (Lipinski definition) is 3. The molecular formula is C16H14N2O3. The van der Waals surface area contributed by atoms with Crippen molar-refractivity contribution in [2.45, 2.75) is 0 Å². The SMILES string of the molecule is COc1ccc2c(c1)c(-c1cc(C(=O)O)ccn1)cn2C. The highest BCUT2D eigenvalue weighted by Gasteiger charge is 2.12. The van der Waals surface area contributed by atoms with Gasteiger partial charge in [0.2, 0.25) is 0 Å². The third-order valence-electron chi connectivity index (χ3n) is 3.48. The van der Waals surface area contributed by atoms with Crippen LogP contribution in [0.2, 0.25) is 0 Å². The Morgan fingerprint density at radius 1 is 1.29 bits per heavy atom. The lowest BCUT2D eigenvalue weighted by Gasteiger charge is -2.03. The van der Waals surface area contributed by atoms with E-state index in [-0.39, 0.29) is 5.56 Å². The van der Waals surface area contributed by atoms with Crippen LogP contribution >= 0.6 is 0 Å². The monoisotopic (exact) mass is 282 g/mol. The number of carboxylic acid groups (broad SMARTS) is 1. The number of carbonyl (C=O) groups is 1. The zero-order valence-electron chi connectivity index (χ0n) is 11.7. The maximum atomic E-state index is 11.1. The van der Waals surface area contributed by atoms with Crippen molar-refractivity contribution >= 4 is 16.9 Å². The number of nitrogens with zero attached hydrogens (tertiary/aromatic N) is 2. The van der Waals surface area contributed by atoms with Crippen LogP contribution in [-0.2, 0) is 7.05 Å². The molecule has 1 N–H and O–H groups in total. The zero-order valence-corrected chi connectivity index (χ0v) is 11.7. The van der Waals surface area contributed by atoms with E-state index >= 15 is 0 Å². The minimum atomic E-state index is -0.962. The molecule has 3 aromatic rings. The average molecular weight is 282 g/mol. The quantitative estimate of drug-likeness (QED) is 0.802. The highest BCUT2D eigenvalue weighted by Crippen LogP contribution is 2.31. The molecule has 0 fully saturated rings. The van der Waals surface area contributed by atoms with Crippen LogP contribution in [0.3, 0.4) is 0 Å². The molecule has 21 heavy (non-hydrogen) atoms. The third-order valence-corrected chi connectivity index (χ3v) is 3.48. The summed E-state index contributed by atoms with van der Waals surface area (Å²) in [7, 11) is 3.56. The summed E-state index contributed by atoms with van der Waals surface area (Å²) in [5.41, 5.74) is 2.77. The molecule has 0 spiro atoms. The molecule has 0 bridgehead atoms. The van der Waals surface area contributed by atoms with Gasteiger partial charge in [-0.25, -0.2) is 4.79 Å². The standard InChI is InChI=1S/C16H14N2O3/c1-18-9-13(12-8-11(21-2)3-4-15(12)18)14-7-10(16(19)20)5-6-17-14/h3-9H,1-2H3,(H,19,20). The number of aryl methyl sites for hydroxylation is 1. The van der Waals surface area contributed by atoms with E-state index in [9.17, 15) is 4.79 Å². The van der Waals surface area contributed by atoms with E-state index in [4.69, 9.17) is 9.84 Å². The number of aromatic nitrogens is 2. The lowest BCUT2D eigenvalue weighted by Crippen LogP contribution is -1.97. The number of ether oxygens (including phenoxy) is 1. The van der Waals surface area contributed by atoms with Crippen molar-refractivity contribution in [3.05, 3.63) is 48.3 Å². The number of hydrogen-bond donors (Lipinski definition) is 1. The average Bonchev–Trinajstić information content (AvgIpc) is 2.84. The van der Waals surface area contributed by atoms with Gasteiger partial charge in [0.1, 0.15) is 5.75 Å². The molecule has 5 heteroatoms. The molecule has 2 heterocycles. The Hall–Kier alpha value is -2.82. The van der Waals surface area contributed by atoms with Crippen LogP contribution in [-0.4, -0.2) is 27.7 Å². The predicted molar refractivity (Wildman–Crippen MR) is 79.7 cm³/mol. The molecule has 106 valence electrons. The Kier molecular flexibility index (Phi) is 3.10. The van der Waals surface area contributed by atoms with Crippen molar-refractivity contribution in [3.63, 3.8) is 0 Å². The van der Waals surface area contributed by atoms with Crippen molar-refractivity contribution in [3.8, 4) is 17.0 Å². The summed E-state index contributed by atoms with van der Waals surface area (Å²) in [6.45, 7) is 0. The largest absolute Gasteiger partial charge is 0.497 e. The lowest BCUT2D eigenvalue weighted by molar-refractivity contribution is 0.0697. The van der Waals surface area contributed by atoms with Gasteiger partial charge in [0.25, 0.3) is 0 Å². The number of aromatic carboxylic acids is 1. The molecule has 3 rings (SSSR count). The molecule has 0 aliphatic rings. The van der Waals surface area contributed by atoms with E-state index in [2.05, 4.69) is 4.98 Å². The first kappa shape index (κ1) is 13.2. The first-order valence-electron chi connectivity index (χ1n) is 6.43. The summed E-state index contributed by atoms with van der Waals surface area (Å²) < 4.78 is 7.25. The van der Waals surface area contributed by atoms with Crippen LogP contribution in [0.25, 0.3) is 22.2 Å². The second-order valence-electron chi connectivity index (χ2n) is 4.77. The molecule has 0 radical (unpaired) electrons. The zero-order chi connectivity index (χ0) is 15.0. The Balaban J connectivity index is 2.24. The smallest absolute Gasteiger partial charge is 0.335 e. The maximum Gasteiger partial charge on any atom is 0.335 e. The molecule has 0 amide bonds. The molecule has 0 aliphatic carbocycles. The van der Waals surface area contributed by atoms with E-state index < -0.39 is 5.97 Å². The van der Waals surface area contributed by atoms with Gasteiger partial charge in [-0.05, 0) is 30.3 Å². The number of rotatable bonds is 3. The topological polar surface area (TPSA) is 64.3 Å². The van der Waals surface area contributed by atoms with E-state index in [1.54, 1.807) is 13.2 Å². The first-order valence-corrected chi connectivity index (χ1v) is 6.43. The number of carboxylic acids is 1. The normalized spacial score (nSPS) is 10.8. The highest BCUT2D eigenvalue weighted by molar-refractivity contribution is 5.97. The fourth-order valence-electron chi connectivity index (χ4n) is 2.41. The van der Waals surface area contributed by atoms with Crippen molar-refractivity contribution < 1.29 is 14.6 Å². The van der Waals surface area contributed by atoms with Crippen molar-refractivity contribution in [1.29, 1.82) is 0 Å². The van der Waals surface area contributed by atoms with Crippen LogP contribution in [0.1, 0.15) is 10.4 Å². The summed E-state index contributed by atoms with van der Waals surface area (Å²) in [5.74, 6) is -0.208. The maximum absolute atomic E-state index is 11.1. The van der Waals surface area contributed by atoms with Gasteiger partial charge in [-0.15, -0.1) is 0 Å². The van der Waals surface area contributed by atoms with E-state index in [1.165, 1.54) is 12.3 Å². The van der Waals surface area contributed by atoms with Crippen LogP contribution in [0.15, 0.2) is 42.7 Å². The lowest BCUT2D eigenvalue weighted by atomic mass is 10.1. The van der Waals surface area contributed by atoms with E-state index in [1.807, 2.05) is 36.0 Å². The van der Waals surface area contributed by atoms with Crippen molar-refractivity contribution in [1.82, 2.24) is 9.55 Å². The number of fused-ring (bicyclic) bond motifs is 1. The molecule has 0 atom stereocenters. The number of pyridine rings is 1. The number of benzene rings is 1. The molecule has 5 nitrogen and oxygen atoms in total. The van der Waals surface area contributed by atoms with Crippen LogP contribution in [0, 0.1) is 0 Å². The Morgan fingerprint density at radius 3 is 2.81 bits per heavy atom. The molecule has 2 aromatic heterocycles. The van der Waals surface area contributed by atoms with Gasteiger partial charge in [0.15, 0.2) is 0 Å². The Morgan fingerprint density at radius 2 is 2.10 bits per heavy atom. The molecule has 0 aliphatic heterocycles. The molecule has 0 saturated heterocycles. The van der Waals surface area contributed by atoms with Gasteiger partial charge in [-0.3, -0.25) is 4.98 Å². The molecule has 0 unspecified atom stereocenters. The van der Waals surface area contributed by atoms with Gasteiger partial charge in [-0.1, -0.05) is 0 Å². The van der Waals surface area contributed by atoms with Crippen molar-refractivity contribution in [2.75, 3.05) is 7.11 Å². The van der Waals surface area contributed by atoms with Crippen LogP contribution in [0.5, 0.6) is 5.75 Å². The van der Waals surface area contributed by atoms with Crippen LogP contribution < -0.4 is 4.74 Å². The fourth-order valence-corrected chi connectivity index (χ4v) is 2.41. The minimum absolute atomic E-state index is 0.222. The number of methoxy groups -OCH3 is 1. The molecule has 1 aromatic carbocycles. The molecular weight excluding hydrogens is 268 g/mol. The summed E-state index contributed by atoms with van der Waals surface area (Å²) in [6, 6.07) is 8.86. The highest BCUT2D eigenvalue weighted by atomic mass is 16.5. The summed E-state index contributed by atoms with van der Waals surface area (Å²) >= 11 is 0. The van der Waals surface area contributed by atoms with E-state index in [0.717, 1.165) is 22.2 Å². The molecule has 0 saturated carbocycles. The second-order valence-corrected chi connectivity index (χ2v) is 4.77. The Bertz CT molecular complexity index is 837. The fraction of sp³-hybridized carbons (Fsp3) is 0.125. The van der Waals surface area contributed by atoms with Gasteiger partial charge < -0.3 is 14.4 Å². The first-order chi connectivity index (χ1) is 10.1. The minimum Gasteiger partial charge on any atom is -0.497 e. The van der Waals surface area contributed by atoms with Gasteiger partial charge in [-0.2, -0.15) is 0 Å².